The van der Waals surface area contributed by atoms with E-state index in [-0.39, 0.29) is 0 Å². The van der Waals surface area contributed by atoms with E-state index in [9.17, 15) is 0 Å². The predicted octanol–water partition coefficient (Wildman–Crippen LogP) is 0.277. The smallest absolute Gasteiger partial charge is 0.128 e. The third-order valence-corrected chi connectivity index (χ3v) is 1.70. The van der Waals surface area contributed by atoms with Gasteiger partial charge in [0.1, 0.15) is 0 Å². The minimum atomic E-state index is 0.853. The lowest BCUT2D eigenvalue weighted by Gasteiger charge is -1.64. The van der Waals surface area contributed by atoms with Crippen molar-refractivity contribution in [1.29, 1.82) is 0 Å². The highest BCUT2D eigenvalue weighted by Crippen LogP contribution is 1.73. The molecule has 4 heavy (non-hydrogen) atoms. The minimum Gasteiger partial charge on any atom is -0.128 e. The summed E-state index contributed by atoms with van der Waals surface area (Å²) in [7, 11) is 0. The normalized spacial score (nSPS) is 7.25. The van der Waals surface area contributed by atoms with Crippen LogP contribution in [0.25, 0.3) is 0 Å². The molecule has 0 aliphatic rings. The Bertz CT molecular complexity index is 8.00. The van der Waals surface area contributed by atoms with Crippen molar-refractivity contribution in [3.8, 4) is 0 Å². The summed E-state index contributed by atoms with van der Waals surface area (Å²) in [4.78, 5) is 0. The molecule has 0 unspecified atom stereocenters. The molecule has 0 rings (SSSR count). The van der Waals surface area contributed by atoms with E-state index >= 15 is 0 Å². The van der Waals surface area contributed by atoms with Crippen LogP contribution < -0.4 is 0 Å². The second-order valence-electron chi connectivity index (χ2n) is 0.689. The quantitative estimate of drug-likeness (QED) is 0.322. The summed E-state index contributed by atoms with van der Waals surface area (Å²) in [6.45, 7) is 0. The fraction of sp³-hybridized carbons (Fsp3) is 1.00. The molecular weight excluding hydrogens is 86.5 g/mol. The van der Waals surface area contributed by atoms with Crippen molar-refractivity contribution in [2.24, 2.45) is 0 Å². The summed E-state index contributed by atoms with van der Waals surface area (Å²) >= 11 is 6.48. The van der Waals surface area contributed by atoms with Crippen LogP contribution in [0, 0.1) is 0 Å². The Hall–Kier alpha value is 0.822. The number of hydrogen-bond donors (Lipinski definition) is 0. The van der Waals surface area contributed by atoms with Crippen LogP contribution in [-0.2, 0) is 0 Å². The van der Waals surface area contributed by atoms with Crippen molar-refractivity contribution in [3.05, 3.63) is 0 Å². The molecule has 0 saturated heterocycles. The van der Waals surface area contributed by atoms with E-state index in [0.29, 0.717) is 0 Å². The molecule has 0 radical (unpaired) electrons. The molecular formula is C2H6AlCl. The van der Waals surface area contributed by atoms with Crippen LogP contribution in [0.4, 0.5) is 0 Å². The van der Waals surface area contributed by atoms with E-state index in [0.717, 1.165) is 5.88 Å². The lowest BCUT2D eigenvalue weighted by molar-refractivity contribution is 1.49. The van der Waals surface area contributed by atoms with Crippen LogP contribution in [0.2, 0.25) is 5.28 Å². The topological polar surface area (TPSA) is 0 Å². The van der Waals surface area contributed by atoms with Crippen LogP contribution in [0.15, 0.2) is 0 Å². The van der Waals surface area contributed by atoms with Crippen LogP contribution in [0.5, 0.6) is 0 Å². The Morgan fingerprint density at radius 2 is 2.00 bits per heavy atom. The van der Waals surface area contributed by atoms with Crippen molar-refractivity contribution in [1.82, 2.24) is 0 Å². The fourth-order valence-corrected chi connectivity index (χ4v) is 0. The van der Waals surface area contributed by atoms with Gasteiger partial charge >= 0.3 is 0 Å². The minimum absolute atomic E-state index is 0.853. The molecule has 0 aromatic carbocycles. The van der Waals surface area contributed by atoms with E-state index in [4.69, 9.17) is 11.6 Å². The van der Waals surface area contributed by atoms with Crippen LogP contribution in [-0.4, -0.2) is 22.2 Å². The molecule has 0 nitrogen and oxygen atoms in total. The lowest BCUT2D eigenvalue weighted by atomic mass is 11.0. The highest BCUT2D eigenvalue weighted by atomic mass is 35.5. The fourth-order valence-electron chi connectivity index (χ4n) is 0. The summed E-state index contributed by atoms with van der Waals surface area (Å²) in [6.07, 6.45) is 0. The molecule has 0 aliphatic heterocycles. The molecule has 24 valence electrons. The third kappa shape index (κ3) is 2.82. The molecule has 0 atom stereocenters. The molecule has 0 saturated carbocycles. The second-order valence-corrected chi connectivity index (χ2v) is 2.07. The SMILES string of the molecule is [AlH2][CH2]CCl. The largest absolute Gasteiger partial charge is 0.213 e. The first kappa shape index (κ1) is 4.82. The third-order valence-electron chi connectivity index (χ3n) is 0.189. The summed E-state index contributed by atoms with van der Waals surface area (Å²) in [5, 5.41) is 1.22. The van der Waals surface area contributed by atoms with Gasteiger partial charge in [0, 0.05) is 5.88 Å². The number of hydrogen-bond acceptors (Lipinski definition) is 0. The molecule has 0 N–H and O–H groups in total. The van der Waals surface area contributed by atoms with Gasteiger partial charge in [-0.25, -0.2) is 0 Å². The maximum Gasteiger partial charge on any atom is 0.213 e. The van der Waals surface area contributed by atoms with Gasteiger partial charge in [-0.15, -0.1) is 11.6 Å². The van der Waals surface area contributed by atoms with E-state index in [1.165, 1.54) is 21.6 Å². The highest BCUT2D eigenvalue weighted by Gasteiger charge is 1.61. The van der Waals surface area contributed by atoms with Crippen molar-refractivity contribution in [3.63, 3.8) is 0 Å². The maximum atomic E-state index is 5.22. The zero-order valence-electron chi connectivity index (χ0n) is 2.79. The van der Waals surface area contributed by atoms with Crippen molar-refractivity contribution in [2.45, 2.75) is 5.28 Å². The van der Waals surface area contributed by atoms with Crippen LogP contribution in [0.1, 0.15) is 0 Å². The highest BCUT2D eigenvalue weighted by molar-refractivity contribution is 6.22. The standard InChI is InChI=1S/C2H4Cl.Al.2H/c1-2-3;;;/h1-2H2;;;. The molecule has 0 fully saturated rings. The number of halogens is 1. The average molecular weight is 92.5 g/mol. The first-order chi connectivity index (χ1) is 1.91. The molecule has 0 aromatic rings. The Morgan fingerprint density at radius 3 is 2.00 bits per heavy atom. The Balaban J connectivity index is 1.97. The van der Waals surface area contributed by atoms with Crippen LogP contribution >= 0.6 is 11.6 Å². The van der Waals surface area contributed by atoms with Crippen LogP contribution in [0.3, 0.4) is 0 Å². The Kier molecular flexibility index (Phi) is 4.61. The molecule has 2 heteroatoms. The summed E-state index contributed by atoms with van der Waals surface area (Å²) in [5.41, 5.74) is 0. The molecule has 0 heterocycles. The van der Waals surface area contributed by atoms with E-state index in [2.05, 4.69) is 0 Å². The summed E-state index contributed by atoms with van der Waals surface area (Å²) < 4.78 is 0. The zero-order valence-corrected chi connectivity index (χ0v) is 5.55. The molecule has 0 amide bonds. The molecule has 0 spiro atoms. The number of alkyl halides is 1. The van der Waals surface area contributed by atoms with Gasteiger partial charge in [-0.1, -0.05) is 5.28 Å². The van der Waals surface area contributed by atoms with Gasteiger partial charge in [-0.3, -0.25) is 0 Å². The van der Waals surface area contributed by atoms with Crippen molar-refractivity contribution < 1.29 is 0 Å². The van der Waals surface area contributed by atoms with Gasteiger partial charge in [-0.05, 0) is 0 Å². The average Bonchev–Trinajstić information content (AvgIpc) is 1.37. The second kappa shape index (κ2) is 3.82. The van der Waals surface area contributed by atoms with Gasteiger partial charge in [0.2, 0.25) is 16.3 Å². The predicted molar refractivity (Wildman–Crippen MR) is 24.1 cm³/mol. The molecule has 0 bridgehead atoms. The monoisotopic (exact) mass is 92.0 g/mol. The Labute approximate surface area is 39.6 Å². The van der Waals surface area contributed by atoms with E-state index in [1.807, 2.05) is 0 Å². The van der Waals surface area contributed by atoms with Gasteiger partial charge < -0.3 is 0 Å². The van der Waals surface area contributed by atoms with Crippen molar-refractivity contribution in [2.75, 3.05) is 5.88 Å². The molecule has 0 aliphatic carbocycles. The lowest BCUT2D eigenvalue weighted by Crippen LogP contribution is -1.62. The first-order valence-electron chi connectivity index (χ1n) is 1.47. The van der Waals surface area contributed by atoms with Gasteiger partial charge in [-0.2, -0.15) is 0 Å². The van der Waals surface area contributed by atoms with Gasteiger partial charge in [0.25, 0.3) is 0 Å². The summed E-state index contributed by atoms with van der Waals surface area (Å²) in [5.74, 6) is 0.853. The first-order valence-corrected chi connectivity index (χ1v) is 3.42. The summed E-state index contributed by atoms with van der Waals surface area (Å²) in [6, 6.07) is 0. The van der Waals surface area contributed by atoms with E-state index in [1.54, 1.807) is 0 Å². The number of rotatable bonds is 1. The van der Waals surface area contributed by atoms with E-state index < -0.39 is 0 Å². The molecule has 0 aromatic heterocycles. The Morgan fingerprint density at radius 1 is 1.75 bits per heavy atom. The van der Waals surface area contributed by atoms with Crippen molar-refractivity contribution >= 4 is 27.9 Å². The van der Waals surface area contributed by atoms with Gasteiger partial charge in [0.15, 0.2) is 0 Å². The maximum absolute atomic E-state index is 5.22. The zero-order chi connectivity index (χ0) is 3.41. The van der Waals surface area contributed by atoms with Gasteiger partial charge in [0.05, 0.1) is 0 Å².